The fourth-order valence-corrected chi connectivity index (χ4v) is 1.95. The van der Waals surface area contributed by atoms with Crippen LogP contribution in [0.25, 0.3) is 0 Å². The molecule has 3 N–H and O–H groups in total. The quantitative estimate of drug-likeness (QED) is 0.810. The molecular weight excluding hydrogens is 271 g/mol. The van der Waals surface area contributed by atoms with Crippen LogP contribution in [-0.4, -0.2) is 18.1 Å². The fraction of sp³-hybridized carbons (Fsp3) is 0.188. The monoisotopic (exact) mass is 288 g/mol. The van der Waals surface area contributed by atoms with Gasteiger partial charge in [-0.25, -0.2) is 4.39 Å². The number of halogens is 1. The number of aromatic hydroxyl groups is 1. The van der Waals surface area contributed by atoms with Gasteiger partial charge in [0.2, 0.25) is 0 Å². The first-order valence-electron chi connectivity index (χ1n) is 6.59. The zero-order valence-corrected chi connectivity index (χ0v) is 11.9. The van der Waals surface area contributed by atoms with E-state index in [-0.39, 0.29) is 17.4 Å². The lowest BCUT2D eigenvalue weighted by Gasteiger charge is -2.12. The van der Waals surface area contributed by atoms with Gasteiger partial charge in [-0.3, -0.25) is 4.79 Å². The molecule has 0 bridgehead atoms. The molecule has 1 atom stereocenters. The summed E-state index contributed by atoms with van der Waals surface area (Å²) in [5.41, 5.74) is 1.25. The molecule has 0 aliphatic heterocycles. The van der Waals surface area contributed by atoms with Crippen molar-refractivity contribution in [1.29, 1.82) is 0 Å². The number of amides is 1. The first-order valence-corrected chi connectivity index (χ1v) is 6.59. The average Bonchev–Trinajstić information content (AvgIpc) is 2.47. The van der Waals surface area contributed by atoms with Crippen LogP contribution >= 0.6 is 0 Å². The van der Waals surface area contributed by atoms with E-state index in [1.807, 2.05) is 26.1 Å². The summed E-state index contributed by atoms with van der Waals surface area (Å²) in [5, 5.41) is 15.3. The highest BCUT2D eigenvalue weighted by atomic mass is 19.1. The molecule has 0 radical (unpaired) electrons. The molecule has 0 aromatic heterocycles. The predicted molar refractivity (Wildman–Crippen MR) is 79.9 cm³/mol. The Morgan fingerprint density at radius 1 is 1.19 bits per heavy atom. The molecule has 0 fully saturated rings. The van der Waals surface area contributed by atoms with Gasteiger partial charge in [-0.05, 0) is 43.8 Å². The van der Waals surface area contributed by atoms with Gasteiger partial charge in [0.05, 0.1) is 0 Å². The van der Waals surface area contributed by atoms with E-state index in [0.717, 1.165) is 11.6 Å². The van der Waals surface area contributed by atoms with E-state index in [4.69, 9.17) is 0 Å². The third kappa shape index (κ3) is 3.38. The Hall–Kier alpha value is -2.40. The van der Waals surface area contributed by atoms with Crippen molar-refractivity contribution in [3.8, 4) is 5.75 Å². The molecular formula is C16H17FN2O2. The van der Waals surface area contributed by atoms with Crippen molar-refractivity contribution >= 4 is 11.6 Å². The molecule has 2 aromatic rings. The Morgan fingerprint density at radius 2 is 1.86 bits per heavy atom. The van der Waals surface area contributed by atoms with E-state index >= 15 is 0 Å². The van der Waals surface area contributed by atoms with Gasteiger partial charge in [-0.1, -0.05) is 18.2 Å². The van der Waals surface area contributed by atoms with Crippen molar-refractivity contribution in [3.05, 3.63) is 59.4 Å². The average molecular weight is 288 g/mol. The molecule has 0 spiro atoms. The van der Waals surface area contributed by atoms with Crippen LogP contribution in [0.4, 0.5) is 10.1 Å². The molecule has 2 aromatic carbocycles. The van der Waals surface area contributed by atoms with Crippen LogP contribution in [0.15, 0.2) is 42.5 Å². The zero-order chi connectivity index (χ0) is 15.4. The van der Waals surface area contributed by atoms with Crippen molar-refractivity contribution in [2.45, 2.75) is 13.0 Å². The molecule has 1 amide bonds. The number of carbonyl (C=O) groups excluding carboxylic acids is 1. The number of hydrogen-bond acceptors (Lipinski definition) is 3. The van der Waals surface area contributed by atoms with Crippen molar-refractivity contribution < 1.29 is 14.3 Å². The van der Waals surface area contributed by atoms with Crippen molar-refractivity contribution in [2.75, 3.05) is 12.4 Å². The Bertz CT molecular complexity index is 621. The topological polar surface area (TPSA) is 61.4 Å². The van der Waals surface area contributed by atoms with Crippen LogP contribution in [0.5, 0.6) is 5.75 Å². The maximum Gasteiger partial charge on any atom is 0.262 e. The van der Waals surface area contributed by atoms with Crippen LogP contribution < -0.4 is 10.6 Å². The number of carbonyl (C=O) groups is 1. The van der Waals surface area contributed by atoms with Crippen LogP contribution in [0.2, 0.25) is 0 Å². The van der Waals surface area contributed by atoms with E-state index in [0.29, 0.717) is 5.69 Å². The van der Waals surface area contributed by atoms with Crippen LogP contribution in [0.1, 0.15) is 28.9 Å². The highest BCUT2D eigenvalue weighted by molar-refractivity contribution is 6.06. The molecule has 0 saturated heterocycles. The Labute approximate surface area is 122 Å². The third-order valence-corrected chi connectivity index (χ3v) is 3.32. The normalized spacial score (nSPS) is 12.0. The predicted octanol–water partition coefficient (Wildman–Crippen LogP) is 3.06. The van der Waals surface area contributed by atoms with Crippen LogP contribution in [0, 0.1) is 5.82 Å². The molecule has 2 rings (SSSR count). The van der Waals surface area contributed by atoms with Gasteiger partial charge >= 0.3 is 0 Å². The number of hydrogen-bond donors (Lipinski definition) is 3. The fourth-order valence-electron chi connectivity index (χ4n) is 1.95. The summed E-state index contributed by atoms with van der Waals surface area (Å²) >= 11 is 0. The second-order valence-corrected chi connectivity index (χ2v) is 4.72. The Kier molecular flexibility index (Phi) is 4.55. The summed E-state index contributed by atoms with van der Waals surface area (Å²) in [6.45, 7) is 2.02. The van der Waals surface area contributed by atoms with Gasteiger partial charge in [-0.2, -0.15) is 0 Å². The minimum Gasteiger partial charge on any atom is -0.507 e. The van der Waals surface area contributed by atoms with Gasteiger partial charge in [0.25, 0.3) is 5.91 Å². The lowest BCUT2D eigenvalue weighted by atomic mass is 10.1. The maximum atomic E-state index is 13.6. The van der Waals surface area contributed by atoms with E-state index in [1.165, 1.54) is 12.1 Å². The number of benzene rings is 2. The smallest absolute Gasteiger partial charge is 0.262 e. The lowest BCUT2D eigenvalue weighted by molar-refractivity contribution is 0.102. The summed E-state index contributed by atoms with van der Waals surface area (Å²) in [6.07, 6.45) is 0. The molecule has 5 heteroatoms. The number of nitrogens with one attached hydrogen (secondary N) is 2. The Morgan fingerprint density at radius 3 is 2.43 bits per heavy atom. The highest BCUT2D eigenvalue weighted by Crippen LogP contribution is 2.22. The molecule has 21 heavy (non-hydrogen) atoms. The van der Waals surface area contributed by atoms with Gasteiger partial charge in [-0.15, -0.1) is 0 Å². The van der Waals surface area contributed by atoms with Gasteiger partial charge in [0.1, 0.15) is 17.1 Å². The third-order valence-electron chi connectivity index (χ3n) is 3.32. The molecule has 0 aliphatic carbocycles. The first-order chi connectivity index (χ1) is 10.0. The van der Waals surface area contributed by atoms with Gasteiger partial charge in [0.15, 0.2) is 0 Å². The van der Waals surface area contributed by atoms with Crippen molar-refractivity contribution in [2.24, 2.45) is 0 Å². The summed E-state index contributed by atoms with van der Waals surface area (Å²) in [4.78, 5) is 12.0. The van der Waals surface area contributed by atoms with Crippen LogP contribution in [0.3, 0.4) is 0 Å². The molecule has 0 saturated carbocycles. The van der Waals surface area contributed by atoms with E-state index in [9.17, 15) is 14.3 Å². The highest BCUT2D eigenvalue weighted by Gasteiger charge is 2.16. The second-order valence-electron chi connectivity index (χ2n) is 4.72. The molecule has 1 unspecified atom stereocenters. The molecule has 0 aliphatic rings. The van der Waals surface area contributed by atoms with Crippen molar-refractivity contribution in [3.63, 3.8) is 0 Å². The largest absolute Gasteiger partial charge is 0.507 e. The summed E-state index contributed by atoms with van der Waals surface area (Å²) < 4.78 is 13.6. The molecule has 4 nitrogen and oxygen atoms in total. The number of anilines is 1. The summed E-state index contributed by atoms with van der Waals surface area (Å²) in [6, 6.07) is 11.2. The standard InChI is InChI=1S/C16H17FN2O2/c1-10(18-2)11-6-8-12(9-7-11)19-16(21)15-13(17)4-3-5-14(15)20/h3-10,18,20H,1-2H3,(H,19,21). The second kappa shape index (κ2) is 6.37. The Balaban J connectivity index is 2.16. The lowest BCUT2D eigenvalue weighted by Crippen LogP contribution is -2.15. The maximum absolute atomic E-state index is 13.6. The summed E-state index contributed by atoms with van der Waals surface area (Å²) in [7, 11) is 1.86. The number of phenolic OH excluding ortho intramolecular Hbond substituents is 1. The van der Waals surface area contributed by atoms with E-state index in [1.54, 1.807) is 12.1 Å². The molecule has 110 valence electrons. The zero-order valence-electron chi connectivity index (χ0n) is 11.9. The van der Waals surface area contributed by atoms with Gasteiger partial charge in [0, 0.05) is 11.7 Å². The summed E-state index contributed by atoms with van der Waals surface area (Å²) in [5.74, 6) is -1.82. The first kappa shape index (κ1) is 15.0. The minimum atomic E-state index is -0.757. The van der Waals surface area contributed by atoms with E-state index in [2.05, 4.69) is 10.6 Å². The van der Waals surface area contributed by atoms with E-state index < -0.39 is 11.7 Å². The molecule has 0 heterocycles. The number of phenols is 1. The minimum absolute atomic E-state index is 0.199. The van der Waals surface area contributed by atoms with Crippen LogP contribution in [-0.2, 0) is 0 Å². The number of rotatable bonds is 4. The van der Waals surface area contributed by atoms with Crippen molar-refractivity contribution in [1.82, 2.24) is 5.32 Å². The van der Waals surface area contributed by atoms with Gasteiger partial charge < -0.3 is 15.7 Å². The SMILES string of the molecule is CNC(C)c1ccc(NC(=O)c2c(O)cccc2F)cc1.